The minimum Gasteiger partial charge on any atom is -0.392 e. The summed E-state index contributed by atoms with van der Waals surface area (Å²) >= 11 is 0. The van der Waals surface area contributed by atoms with E-state index in [4.69, 9.17) is 0 Å². The maximum atomic E-state index is 12.4. The second-order valence-electron chi connectivity index (χ2n) is 12.4. The molecular formula is C33H39NO3. The highest BCUT2D eigenvalue weighted by molar-refractivity contribution is 5.91. The molecule has 8 atom stereocenters. The highest BCUT2D eigenvalue weighted by Gasteiger charge is 2.64. The molecule has 1 aromatic carbocycles. The van der Waals surface area contributed by atoms with Crippen molar-refractivity contribution in [2.45, 2.75) is 63.9 Å². The topological polar surface area (TPSA) is 70.4 Å². The summed E-state index contributed by atoms with van der Waals surface area (Å²) in [4.78, 5) is 16.7. The molecule has 3 fully saturated rings. The van der Waals surface area contributed by atoms with Crippen molar-refractivity contribution in [3.63, 3.8) is 0 Å². The first-order valence-electron chi connectivity index (χ1n) is 14.1. The Hall–Kier alpha value is -2.56. The minimum atomic E-state index is -0.902. The number of ketones is 1. The zero-order valence-corrected chi connectivity index (χ0v) is 22.0. The molecule has 3 saturated carbocycles. The van der Waals surface area contributed by atoms with Gasteiger partial charge in [0.1, 0.15) is 0 Å². The summed E-state index contributed by atoms with van der Waals surface area (Å²) in [5.74, 6) is 2.91. The van der Waals surface area contributed by atoms with Crippen molar-refractivity contribution in [1.29, 1.82) is 0 Å². The fraction of sp³-hybridized carbons (Fsp3) is 0.515. The Morgan fingerprint density at radius 3 is 2.65 bits per heavy atom. The van der Waals surface area contributed by atoms with Gasteiger partial charge < -0.3 is 10.2 Å². The van der Waals surface area contributed by atoms with Crippen LogP contribution in [0.15, 0.2) is 72.6 Å². The number of carbonyl (C=O) groups excluding carboxylic acids is 1. The average Bonchev–Trinajstić information content (AvgIpc) is 3.18. The minimum absolute atomic E-state index is 0.0460. The SMILES string of the molecule is C[C@H]1C[C@@H]2[C@H]([C@@H](c3ccc(-c4cccnc4)cc3)C[C@@]3(C)[C@H]2CC[C@@]3(O)/C=C\CO)[C@H]2CCC(=O)C=C12. The van der Waals surface area contributed by atoms with E-state index in [1.54, 1.807) is 12.3 Å². The van der Waals surface area contributed by atoms with Crippen LogP contribution in [0, 0.1) is 35.0 Å². The Balaban J connectivity index is 1.44. The van der Waals surface area contributed by atoms with Crippen molar-refractivity contribution in [2.24, 2.45) is 35.0 Å². The van der Waals surface area contributed by atoms with Gasteiger partial charge in [-0.05, 0) is 96.4 Å². The maximum absolute atomic E-state index is 12.4. The van der Waals surface area contributed by atoms with Crippen LogP contribution in [0.4, 0.5) is 0 Å². The summed E-state index contributed by atoms with van der Waals surface area (Å²) in [6.45, 7) is 4.57. The summed E-state index contributed by atoms with van der Waals surface area (Å²) in [6, 6.07) is 13.1. The smallest absolute Gasteiger partial charge is 0.155 e. The van der Waals surface area contributed by atoms with Crippen molar-refractivity contribution in [2.75, 3.05) is 6.61 Å². The molecular weight excluding hydrogens is 458 g/mol. The lowest BCUT2D eigenvalue weighted by atomic mass is 9.45. The lowest BCUT2D eigenvalue weighted by Gasteiger charge is -2.59. The normalized spacial score (nSPS) is 39.1. The molecule has 0 spiro atoms. The number of nitrogens with zero attached hydrogens (tertiary/aromatic N) is 1. The monoisotopic (exact) mass is 497 g/mol. The van der Waals surface area contributed by atoms with Crippen LogP contribution in [0.5, 0.6) is 0 Å². The van der Waals surface area contributed by atoms with Gasteiger partial charge in [-0.1, -0.05) is 61.9 Å². The highest BCUT2D eigenvalue weighted by Crippen LogP contribution is 2.69. The first-order valence-corrected chi connectivity index (χ1v) is 14.1. The van der Waals surface area contributed by atoms with Gasteiger partial charge in [0.15, 0.2) is 5.78 Å². The van der Waals surface area contributed by atoms with Crippen molar-refractivity contribution in [3.05, 3.63) is 78.2 Å². The van der Waals surface area contributed by atoms with E-state index in [2.05, 4.69) is 49.2 Å². The quantitative estimate of drug-likeness (QED) is 0.500. The van der Waals surface area contributed by atoms with Gasteiger partial charge in [0, 0.05) is 24.2 Å². The van der Waals surface area contributed by atoms with Crippen molar-refractivity contribution in [1.82, 2.24) is 4.98 Å². The molecule has 0 radical (unpaired) electrons. The van der Waals surface area contributed by atoms with Gasteiger partial charge >= 0.3 is 0 Å². The van der Waals surface area contributed by atoms with E-state index < -0.39 is 5.60 Å². The highest BCUT2D eigenvalue weighted by atomic mass is 16.3. The summed E-state index contributed by atoms with van der Waals surface area (Å²) < 4.78 is 0. The Labute approximate surface area is 220 Å². The molecule has 6 rings (SSSR count). The molecule has 37 heavy (non-hydrogen) atoms. The molecule has 4 nitrogen and oxygen atoms in total. The molecule has 1 heterocycles. The van der Waals surface area contributed by atoms with Gasteiger partial charge in [0.05, 0.1) is 12.2 Å². The third-order valence-electron chi connectivity index (χ3n) is 10.7. The largest absolute Gasteiger partial charge is 0.392 e. The molecule has 0 aliphatic heterocycles. The number of aliphatic hydroxyl groups excluding tert-OH is 1. The number of aromatic nitrogens is 1. The van der Waals surface area contributed by atoms with E-state index in [1.165, 1.54) is 11.1 Å². The van der Waals surface area contributed by atoms with Crippen LogP contribution in [-0.2, 0) is 4.79 Å². The Morgan fingerprint density at radius 2 is 1.92 bits per heavy atom. The van der Waals surface area contributed by atoms with Crippen molar-refractivity contribution >= 4 is 5.78 Å². The zero-order valence-electron chi connectivity index (χ0n) is 22.0. The number of aliphatic hydroxyl groups is 2. The number of hydrogen-bond donors (Lipinski definition) is 2. The Morgan fingerprint density at radius 1 is 1.11 bits per heavy atom. The number of carbonyl (C=O) groups is 1. The fourth-order valence-electron chi connectivity index (χ4n) is 8.99. The van der Waals surface area contributed by atoms with E-state index >= 15 is 0 Å². The molecule has 194 valence electrons. The van der Waals surface area contributed by atoms with Crippen LogP contribution >= 0.6 is 0 Å². The molecule has 0 saturated heterocycles. The van der Waals surface area contributed by atoms with Crippen LogP contribution in [0.25, 0.3) is 11.1 Å². The molecule has 1 aromatic heterocycles. The molecule has 4 aliphatic carbocycles. The summed E-state index contributed by atoms with van der Waals surface area (Å²) in [5, 5.41) is 21.5. The van der Waals surface area contributed by atoms with E-state index in [9.17, 15) is 15.0 Å². The number of hydrogen-bond acceptors (Lipinski definition) is 4. The van der Waals surface area contributed by atoms with Crippen molar-refractivity contribution in [3.8, 4) is 11.1 Å². The third kappa shape index (κ3) is 3.95. The lowest BCUT2D eigenvalue weighted by molar-refractivity contribution is -0.118. The van der Waals surface area contributed by atoms with Crippen LogP contribution in [0.3, 0.4) is 0 Å². The van der Waals surface area contributed by atoms with E-state index in [0.717, 1.165) is 43.2 Å². The van der Waals surface area contributed by atoms with Crippen molar-refractivity contribution < 1.29 is 15.0 Å². The van der Waals surface area contributed by atoms with E-state index in [-0.39, 0.29) is 12.0 Å². The summed E-state index contributed by atoms with van der Waals surface area (Å²) in [7, 11) is 0. The molecule has 0 unspecified atom stereocenters. The molecule has 2 N–H and O–H groups in total. The zero-order chi connectivity index (χ0) is 25.8. The predicted octanol–water partition coefficient (Wildman–Crippen LogP) is 6.11. The van der Waals surface area contributed by atoms with E-state index in [0.29, 0.717) is 47.7 Å². The van der Waals surface area contributed by atoms with E-state index in [1.807, 2.05) is 24.4 Å². The lowest BCUT2D eigenvalue weighted by Crippen LogP contribution is -2.55. The van der Waals surface area contributed by atoms with Gasteiger partial charge in [-0.25, -0.2) is 0 Å². The number of rotatable bonds is 4. The van der Waals surface area contributed by atoms with Gasteiger partial charge in [0.2, 0.25) is 0 Å². The fourth-order valence-corrected chi connectivity index (χ4v) is 8.99. The number of allylic oxidation sites excluding steroid dienone is 1. The standard InChI is InChI=1S/C33H39NO3/c1-21-17-28-30-12-14-33(37,13-4-16-35)32(30,2)19-29(31(28)26-11-10-25(36)18-27(21)26)23-8-6-22(7-9-23)24-5-3-15-34-20-24/h3-9,13,15,18,20-21,26,28-31,35,37H,10-12,14,16-17,19H2,1-2H3/b13-4-/t21-,26-,28-,29+,30-,31+,32-,33-/m0/s1. The number of pyridine rings is 1. The second-order valence-corrected chi connectivity index (χ2v) is 12.4. The Kier molecular flexibility index (Phi) is 6.24. The van der Waals surface area contributed by atoms with Crippen LogP contribution < -0.4 is 0 Å². The second kappa shape index (κ2) is 9.32. The molecule has 0 bridgehead atoms. The predicted molar refractivity (Wildman–Crippen MR) is 146 cm³/mol. The van der Waals surface area contributed by atoms with Crippen LogP contribution in [0.2, 0.25) is 0 Å². The molecule has 4 heteroatoms. The Bertz CT molecular complexity index is 1220. The molecule has 0 amide bonds. The van der Waals surface area contributed by atoms with Gasteiger partial charge in [0.25, 0.3) is 0 Å². The first-order chi connectivity index (χ1) is 17.8. The third-order valence-corrected chi connectivity index (χ3v) is 10.7. The number of fused-ring (bicyclic) bond motifs is 5. The summed E-state index contributed by atoms with van der Waals surface area (Å²) in [5.41, 5.74) is 3.85. The van der Waals surface area contributed by atoms with Gasteiger partial charge in [-0.2, -0.15) is 0 Å². The molecule has 4 aliphatic rings. The van der Waals surface area contributed by atoms with Crippen LogP contribution in [-0.4, -0.2) is 33.2 Å². The maximum Gasteiger partial charge on any atom is 0.155 e. The van der Waals surface area contributed by atoms with Gasteiger partial charge in [-0.3, -0.25) is 9.78 Å². The molecule has 2 aromatic rings. The van der Waals surface area contributed by atoms with Gasteiger partial charge in [-0.15, -0.1) is 0 Å². The summed E-state index contributed by atoms with van der Waals surface area (Å²) in [6.07, 6.45) is 14.7. The van der Waals surface area contributed by atoms with Crippen LogP contribution in [0.1, 0.15) is 63.9 Å². The first kappa shape index (κ1) is 24.8. The number of benzene rings is 1. The average molecular weight is 498 g/mol.